The van der Waals surface area contributed by atoms with Crippen LogP contribution in [0.25, 0.3) is 0 Å². The van der Waals surface area contributed by atoms with Crippen LogP contribution in [0.15, 0.2) is 85.1 Å². The molecule has 0 fully saturated rings. The smallest absolute Gasteiger partial charge is 0.462 e. The fourth-order valence-electron chi connectivity index (χ4n) is 9.76. The molecule has 0 rings (SSSR count). The molecule has 3 N–H and O–H groups in total. The normalized spacial score (nSPS) is 13.5. The van der Waals surface area contributed by atoms with Gasteiger partial charge in [-0.15, -0.1) is 0 Å². The Morgan fingerprint density at radius 2 is 0.679 bits per heavy atom. The first-order chi connectivity index (χ1) is 39.8. The van der Waals surface area contributed by atoms with E-state index < -0.39 is 26.5 Å². The lowest BCUT2D eigenvalue weighted by molar-refractivity contribution is -0.161. The molecule has 0 saturated heterocycles. The van der Waals surface area contributed by atoms with Crippen molar-refractivity contribution >= 4 is 19.8 Å². The Morgan fingerprint density at radius 1 is 0.383 bits per heavy atom. The Bertz CT molecular complexity index is 1600. The summed E-state index contributed by atoms with van der Waals surface area (Å²) in [6, 6.07) is 0. The van der Waals surface area contributed by atoms with E-state index in [9.17, 15) is 19.0 Å². The Balaban J connectivity index is 3.82. The van der Waals surface area contributed by atoms with Crippen LogP contribution in [0.5, 0.6) is 0 Å². The summed E-state index contributed by atoms with van der Waals surface area (Å²) in [5.74, 6) is -0.872. The maximum absolute atomic E-state index is 12.7. The zero-order valence-corrected chi connectivity index (χ0v) is 53.7. The van der Waals surface area contributed by atoms with Crippen LogP contribution in [0.4, 0.5) is 0 Å². The van der Waals surface area contributed by atoms with Crippen LogP contribution >= 0.6 is 7.82 Å². The first-order valence-corrected chi connectivity index (χ1v) is 35.6. The molecule has 0 saturated carbocycles. The molecule has 0 aliphatic heterocycles. The molecule has 470 valence electrons. The zero-order valence-electron chi connectivity index (χ0n) is 52.8. The second-order valence-electron chi connectivity index (χ2n) is 22.7. The van der Waals surface area contributed by atoms with Crippen molar-refractivity contribution in [1.82, 2.24) is 0 Å². The minimum atomic E-state index is -4.41. The van der Waals surface area contributed by atoms with Gasteiger partial charge in [0, 0.05) is 19.4 Å². The summed E-state index contributed by atoms with van der Waals surface area (Å²) in [5, 5.41) is 0. The quantitative estimate of drug-likeness (QED) is 0.0264. The number of phosphoric ester groups is 1. The third-order valence-electron chi connectivity index (χ3n) is 14.8. The number of unbranched alkanes of at least 4 members (excludes halogenated alkanes) is 37. The van der Waals surface area contributed by atoms with Gasteiger partial charge in [-0.3, -0.25) is 18.6 Å². The number of hydrogen-bond donors (Lipinski definition) is 2. The van der Waals surface area contributed by atoms with E-state index in [2.05, 4.69) is 98.9 Å². The first-order valence-electron chi connectivity index (χ1n) is 34.1. The topological polar surface area (TPSA) is 134 Å². The highest BCUT2D eigenvalue weighted by Crippen LogP contribution is 2.43. The van der Waals surface area contributed by atoms with E-state index in [-0.39, 0.29) is 38.6 Å². The lowest BCUT2D eigenvalue weighted by Gasteiger charge is -2.19. The summed E-state index contributed by atoms with van der Waals surface area (Å²) in [7, 11) is -4.41. The second kappa shape index (κ2) is 66.3. The number of allylic oxidation sites excluding steroid dienone is 14. The van der Waals surface area contributed by atoms with Gasteiger partial charge in [-0.25, -0.2) is 4.57 Å². The minimum Gasteiger partial charge on any atom is -0.462 e. The number of carbonyl (C=O) groups is 2. The fourth-order valence-corrected chi connectivity index (χ4v) is 10.5. The van der Waals surface area contributed by atoms with Crippen molar-refractivity contribution in [3.05, 3.63) is 85.1 Å². The molecular formula is C71H128NO8P. The van der Waals surface area contributed by atoms with E-state index in [4.69, 9.17) is 24.3 Å². The lowest BCUT2D eigenvalue weighted by atomic mass is 10.0. The third kappa shape index (κ3) is 66.2. The van der Waals surface area contributed by atoms with Gasteiger partial charge in [-0.05, 0) is 89.9 Å². The third-order valence-corrected chi connectivity index (χ3v) is 15.7. The van der Waals surface area contributed by atoms with Crippen molar-refractivity contribution in [2.24, 2.45) is 5.73 Å². The summed E-state index contributed by atoms with van der Waals surface area (Å²) in [6.07, 6.45) is 88.5. The number of nitrogens with two attached hydrogens (primary N) is 1. The van der Waals surface area contributed by atoms with E-state index in [0.29, 0.717) is 6.42 Å². The molecule has 0 bridgehead atoms. The van der Waals surface area contributed by atoms with E-state index in [0.717, 1.165) is 70.6 Å². The van der Waals surface area contributed by atoms with E-state index in [1.807, 2.05) is 0 Å². The predicted octanol–water partition coefficient (Wildman–Crippen LogP) is 22.2. The summed E-state index contributed by atoms with van der Waals surface area (Å²) in [4.78, 5) is 35.2. The maximum Gasteiger partial charge on any atom is 0.472 e. The van der Waals surface area contributed by atoms with E-state index in [1.54, 1.807) is 0 Å². The highest BCUT2D eigenvalue weighted by molar-refractivity contribution is 7.47. The standard InChI is InChI=1S/C71H128NO8P/c1-3-5-7-9-11-13-15-17-19-21-23-25-26-27-28-29-30-31-32-33-34-35-36-37-38-39-40-41-42-44-45-47-49-51-53-55-57-59-61-63-70(73)77-67-69(68-79-81(75,76)78-66-65-72)80-71(74)64-62-60-58-56-54-52-50-48-46-43-24-22-20-18-16-14-12-10-8-6-4-2/h6,8,12,14,18,20-21,23-24,43,48,50,54,56,69H,3-5,7,9-11,13,15-17,19,22,25-42,44-47,49,51-53,55,57-68,72H2,1-2H3,(H,75,76)/b8-6-,14-12-,20-18-,23-21-,43-24-,50-48-,56-54-. The monoisotopic (exact) mass is 1150 g/mol. The van der Waals surface area contributed by atoms with Gasteiger partial charge in [0.05, 0.1) is 13.2 Å². The summed E-state index contributed by atoms with van der Waals surface area (Å²) < 4.78 is 33.0. The van der Waals surface area contributed by atoms with Gasteiger partial charge in [0.1, 0.15) is 6.61 Å². The average molecular weight is 1150 g/mol. The minimum absolute atomic E-state index is 0.0434. The number of phosphoric acid groups is 1. The molecular weight excluding hydrogens is 1030 g/mol. The molecule has 0 spiro atoms. The molecule has 2 unspecified atom stereocenters. The second-order valence-corrected chi connectivity index (χ2v) is 24.1. The largest absolute Gasteiger partial charge is 0.472 e. The van der Waals surface area contributed by atoms with Crippen LogP contribution < -0.4 is 5.73 Å². The number of hydrogen-bond acceptors (Lipinski definition) is 8. The van der Waals surface area contributed by atoms with Gasteiger partial charge in [0.25, 0.3) is 0 Å². The molecule has 0 aliphatic carbocycles. The molecule has 0 aliphatic rings. The predicted molar refractivity (Wildman–Crippen MR) is 349 cm³/mol. The van der Waals surface area contributed by atoms with Crippen LogP contribution in [0, 0.1) is 0 Å². The van der Waals surface area contributed by atoms with Gasteiger partial charge in [-0.1, -0.05) is 304 Å². The summed E-state index contributed by atoms with van der Waals surface area (Å²) >= 11 is 0. The van der Waals surface area contributed by atoms with Crippen molar-refractivity contribution in [3.8, 4) is 0 Å². The number of rotatable bonds is 64. The van der Waals surface area contributed by atoms with Crippen molar-refractivity contribution in [3.63, 3.8) is 0 Å². The van der Waals surface area contributed by atoms with Crippen LogP contribution in [0.3, 0.4) is 0 Å². The van der Waals surface area contributed by atoms with Gasteiger partial charge in [0.2, 0.25) is 0 Å². The molecule has 10 heteroatoms. The summed E-state index contributed by atoms with van der Waals surface area (Å²) in [6.45, 7) is 3.61. The molecule has 0 heterocycles. The number of carbonyl (C=O) groups excluding carboxylic acids is 2. The fraction of sp³-hybridized carbons (Fsp3) is 0.775. The van der Waals surface area contributed by atoms with Crippen LogP contribution in [-0.4, -0.2) is 49.3 Å². The van der Waals surface area contributed by atoms with Gasteiger partial charge >= 0.3 is 19.8 Å². The van der Waals surface area contributed by atoms with Gasteiger partial charge in [0.15, 0.2) is 6.10 Å². The lowest BCUT2D eigenvalue weighted by Crippen LogP contribution is -2.29. The molecule has 9 nitrogen and oxygen atoms in total. The first kappa shape index (κ1) is 78.2. The molecule has 0 amide bonds. The van der Waals surface area contributed by atoms with E-state index >= 15 is 0 Å². The molecule has 0 aromatic rings. The highest BCUT2D eigenvalue weighted by Gasteiger charge is 2.26. The molecule has 2 atom stereocenters. The van der Waals surface area contributed by atoms with Crippen LogP contribution in [0.2, 0.25) is 0 Å². The molecule has 0 radical (unpaired) electrons. The van der Waals surface area contributed by atoms with Crippen molar-refractivity contribution in [1.29, 1.82) is 0 Å². The Hall–Kier alpha value is -2.81. The van der Waals surface area contributed by atoms with Crippen molar-refractivity contribution < 1.29 is 37.6 Å². The zero-order chi connectivity index (χ0) is 58.7. The van der Waals surface area contributed by atoms with Gasteiger partial charge in [-0.2, -0.15) is 0 Å². The Labute approximate surface area is 500 Å². The summed E-state index contributed by atoms with van der Waals surface area (Å²) in [5.41, 5.74) is 5.39. The van der Waals surface area contributed by atoms with Crippen molar-refractivity contribution in [2.45, 2.75) is 328 Å². The Morgan fingerprint density at radius 3 is 1.05 bits per heavy atom. The Kier molecular flexibility index (Phi) is 64.0. The van der Waals surface area contributed by atoms with Crippen molar-refractivity contribution in [2.75, 3.05) is 26.4 Å². The number of ether oxygens (including phenoxy) is 2. The SMILES string of the molecule is CC/C=C\C/C=C\C/C=C\C/C=C\C/C=C\C/C=C\CCCCC(=O)OC(COC(=O)CCCCCCCCCCCCCCCCCCCCCCCCCCCCC/C=C\CCCCCCCCCC)COP(=O)(O)OCCN. The molecule has 0 aromatic heterocycles. The molecule has 0 aromatic carbocycles. The highest BCUT2D eigenvalue weighted by atomic mass is 31.2. The van der Waals surface area contributed by atoms with Crippen LogP contribution in [-0.2, 0) is 32.7 Å². The maximum atomic E-state index is 12.7. The van der Waals surface area contributed by atoms with Gasteiger partial charge < -0.3 is 20.1 Å². The van der Waals surface area contributed by atoms with Crippen LogP contribution in [0.1, 0.15) is 322 Å². The average Bonchev–Trinajstić information content (AvgIpc) is 3.46. The molecule has 81 heavy (non-hydrogen) atoms. The number of esters is 2. The van der Waals surface area contributed by atoms with E-state index in [1.165, 1.54) is 218 Å².